The number of guanidine groups is 1. The standard InChI is InChI=1S/C23H33N7O/c1-2-24-23(25-14-22-27-26-21-10-6-7-11-30(21)22)29-16-19-20(17-29)31-13-12-28(19)15-18-8-4-3-5-9-18/h3-5,8-9,19-20H,2,6-7,10-17H2,1H3,(H,24,25). The van der Waals surface area contributed by atoms with E-state index in [2.05, 4.69) is 67.1 Å². The summed E-state index contributed by atoms with van der Waals surface area (Å²) in [6.07, 6.45) is 3.66. The zero-order chi connectivity index (χ0) is 21.0. The highest BCUT2D eigenvalue weighted by molar-refractivity contribution is 5.80. The van der Waals surface area contributed by atoms with Crippen molar-refractivity contribution in [1.29, 1.82) is 0 Å². The predicted octanol–water partition coefficient (Wildman–Crippen LogP) is 1.67. The molecule has 2 fully saturated rings. The molecule has 0 bridgehead atoms. The lowest BCUT2D eigenvalue weighted by atomic mass is 10.1. The molecular weight excluding hydrogens is 390 g/mol. The monoisotopic (exact) mass is 423 g/mol. The van der Waals surface area contributed by atoms with Crippen molar-refractivity contribution in [3.8, 4) is 0 Å². The molecular formula is C23H33N7O. The molecule has 3 aliphatic heterocycles. The van der Waals surface area contributed by atoms with Gasteiger partial charge < -0.3 is 19.5 Å². The van der Waals surface area contributed by atoms with Crippen molar-refractivity contribution >= 4 is 5.96 Å². The molecule has 4 heterocycles. The number of rotatable bonds is 5. The van der Waals surface area contributed by atoms with Gasteiger partial charge in [-0.1, -0.05) is 30.3 Å². The summed E-state index contributed by atoms with van der Waals surface area (Å²) in [6, 6.07) is 11.1. The van der Waals surface area contributed by atoms with Gasteiger partial charge >= 0.3 is 0 Å². The predicted molar refractivity (Wildman–Crippen MR) is 120 cm³/mol. The highest BCUT2D eigenvalue weighted by atomic mass is 16.5. The van der Waals surface area contributed by atoms with Crippen LogP contribution < -0.4 is 5.32 Å². The van der Waals surface area contributed by atoms with Gasteiger partial charge in [-0.25, -0.2) is 4.99 Å². The van der Waals surface area contributed by atoms with E-state index in [1.807, 2.05) is 0 Å². The van der Waals surface area contributed by atoms with Crippen LogP contribution >= 0.6 is 0 Å². The van der Waals surface area contributed by atoms with Crippen molar-refractivity contribution in [3.63, 3.8) is 0 Å². The number of aromatic nitrogens is 3. The minimum Gasteiger partial charge on any atom is -0.373 e. The fourth-order valence-corrected chi connectivity index (χ4v) is 5.00. The summed E-state index contributed by atoms with van der Waals surface area (Å²) >= 11 is 0. The van der Waals surface area contributed by atoms with E-state index in [1.165, 1.54) is 18.4 Å². The van der Waals surface area contributed by atoms with Crippen LogP contribution in [0, 0.1) is 0 Å². The van der Waals surface area contributed by atoms with E-state index in [0.29, 0.717) is 12.6 Å². The van der Waals surface area contributed by atoms with Crippen LogP contribution in [0.4, 0.5) is 0 Å². The lowest BCUT2D eigenvalue weighted by Crippen LogP contribution is -2.50. The van der Waals surface area contributed by atoms with Gasteiger partial charge in [0, 0.05) is 45.7 Å². The Balaban J connectivity index is 1.28. The lowest BCUT2D eigenvalue weighted by Gasteiger charge is -2.36. The summed E-state index contributed by atoms with van der Waals surface area (Å²) in [4.78, 5) is 9.88. The van der Waals surface area contributed by atoms with Crippen LogP contribution in [0.15, 0.2) is 35.3 Å². The summed E-state index contributed by atoms with van der Waals surface area (Å²) in [6.45, 7) is 9.09. The number of nitrogens with one attached hydrogen (secondary N) is 1. The smallest absolute Gasteiger partial charge is 0.194 e. The second kappa shape index (κ2) is 9.36. The van der Waals surface area contributed by atoms with E-state index in [0.717, 1.165) is 69.9 Å². The Kier molecular flexibility index (Phi) is 6.18. The average Bonchev–Trinajstić information content (AvgIpc) is 3.42. The van der Waals surface area contributed by atoms with Gasteiger partial charge in [-0.3, -0.25) is 4.90 Å². The molecule has 1 N–H and O–H groups in total. The molecule has 8 heteroatoms. The molecule has 2 saturated heterocycles. The highest BCUT2D eigenvalue weighted by Crippen LogP contribution is 2.25. The second-order valence-corrected chi connectivity index (χ2v) is 8.65. The Morgan fingerprint density at radius 2 is 2.06 bits per heavy atom. The maximum absolute atomic E-state index is 6.16. The van der Waals surface area contributed by atoms with Crippen molar-refractivity contribution in [3.05, 3.63) is 47.5 Å². The topological polar surface area (TPSA) is 70.8 Å². The molecule has 0 amide bonds. The number of benzene rings is 1. The average molecular weight is 424 g/mol. The lowest BCUT2D eigenvalue weighted by molar-refractivity contribution is -0.0502. The third-order valence-electron chi connectivity index (χ3n) is 6.59. The number of hydrogen-bond acceptors (Lipinski definition) is 5. The number of nitrogens with zero attached hydrogens (tertiary/aromatic N) is 6. The van der Waals surface area contributed by atoms with E-state index in [4.69, 9.17) is 9.73 Å². The van der Waals surface area contributed by atoms with Crippen LogP contribution in [0.3, 0.4) is 0 Å². The Morgan fingerprint density at radius 3 is 2.94 bits per heavy atom. The molecule has 2 atom stereocenters. The summed E-state index contributed by atoms with van der Waals surface area (Å²) in [7, 11) is 0. The van der Waals surface area contributed by atoms with Gasteiger partial charge in [0.05, 0.1) is 18.8 Å². The number of ether oxygens (including phenoxy) is 1. The van der Waals surface area contributed by atoms with Gasteiger partial charge in [-0.15, -0.1) is 10.2 Å². The molecule has 1 aromatic heterocycles. The molecule has 8 nitrogen and oxygen atoms in total. The minimum absolute atomic E-state index is 0.224. The van der Waals surface area contributed by atoms with Crippen molar-refractivity contribution in [2.45, 2.75) is 58.0 Å². The van der Waals surface area contributed by atoms with E-state index in [-0.39, 0.29) is 6.10 Å². The Hall–Kier alpha value is -2.45. The molecule has 1 aromatic carbocycles. The van der Waals surface area contributed by atoms with Gasteiger partial charge in [0.25, 0.3) is 0 Å². The number of fused-ring (bicyclic) bond motifs is 2. The first-order valence-corrected chi connectivity index (χ1v) is 11.7. The molecule has 166 valence electrons. The van der Waals surface area contributed by atoms with Gasteiger partial charge in [0.2, 0.25) is 0 Å². The van der Waals surface area contributed by atoms with Crippen molar-refractivity contribution < 1.29 is 4.74 Å². The number of hydrogen-bond donors (Lipinski definition) is 1. The third kappa shape index (κ3) is 4.45. The van der Waals surface area contributed by atoms with Gasteiger partial charge in [0.1, 0.15) is 12.4 Å². The van der Waals surface area contributed by atoms with E-state index >= 15 is 0 Å². The largest absolute Gasteiger partial charge is 0.373 e. The maximum atomic E-state index is 6.16. The normalized spacial score (nSPS) is 24.2. The third-order valence-corrected chi connectivity index (χ3v) is 6.59. The van der Waals surface area contributed by atoms with Crippen LogP contribution in [-0.4, -0.2) is 75.5 Å². The van der Waals surface area contributed by atoms with Crippen LogP contribution in [0.5, 0.6) is 0 Å². The number of morpholine rings is 1. The Labute approximate surface area is 184 Å². The number of aliphatic imine (C=N–C) groups is 1. The van der Waals surface area contributed by atoms with Crippen molar-refractivity contribution in [2.24, 2.45) is 4.99 Å². The highest BCUT2D eigenvalue weighted by Gasteiger charge is 2.41. The van der Waals surface area contributed by atoms with E-state index in [9.17, 15) is 0 Å². The van der Waals surface area contributed by atoms with Gasteiger partial charge in [0.15, 0.2) is 11.8 Å². The molecule has 2 unspecified atom stereocenters. The zero-order valence-corrected chi connectivity index (χ0v) is 18.4. The first-order chi connectivity index (χ1) is 15.3. The minimum atomic E-state index is 0.224. The zero-order valence-electron chi connectivity index (χ0n) is 18.4. The molecule has 0 aliphatic carbocycles. The Morgan fingerprint density at radius 1 is 1.16 bits per heavy atom. The fourth-order valence-electron chi connectivity index (χ4n) is 5.00. The first-order valence-electron chi connectivity index (χ1n) is 11.7. The SMILES string of the molecule is CCNC(=NCc1nnc2n1CCCC2)N1CC2OCCN(Cc3ccccc3)C2C1. The quantitative estimate of drug-likeness (QED) is 0.583. The molecule has 0 spiro atoms. The fraction of sp³-hybridized carbons (Fsp3) is 0.609. The molecule has 5 rings (SSSR count). The molecule has 31 heavy (non-hydrogen) atoms. The molecule has 3 aliphatic rings. The first kappa shape index (κ1) is 20.5. The Bertz CT molecular complexity index is 897. The summed E-state index contributed by atoms with van der Waals surface area (Å²) < 4.78 is 8.42. The second-order valence-electron chi connectivity index (χ2n) is 8.65. The number of aryl methyl sites for hydroxylation is 1. The molecule has 0 saturated carbocycles. The van der Waals surface area contributed by atoms with Crippen molar-refractivity contribution in [2.75, 3.05) is 32.8 Å². The summed E-state index contributed by atoms with van der Waals surface area (Å²) in [5, 5.41) is 12.3. The number of likely N-dealkylation sites (tertiary alicyclic amines) is 1. The van der Waals surface area contributed by atoms with Crippen LogP contribution in [0.1, 0.15) is 37.0 Å². The van der Waals surface area contributed by atoms with E-state index < -0.39 is 0 Å². The van der Waals surface area contributed by atoms with Gasteiger partial charge in [-0.2, -0.15) is 0 Å². The van der Waals surface area contributed by atoms with Crippen LogP contribution in [-0.2, 0) is 30.8 Å². The van der Waals surface area contributed by atoms with Crippen molar-refractivity contribution in [1.82, 2.24) is 29.9 Å². The summed E-state index contributed by atoms with van der Waals surface area (Å²) in [5.41, 5.74) is 1.36. The molecule has 2 aromatic rings. The van der Waals surface area contributed by atoms with E-state index in [1.54, 1.807) is 0 Å². The maximum Gasteiger partial charge on any atom is 0.194 e. The van der Waals surface area contributed by atoms with Crippen LogP contribution in [0.25, 0.3) is 0 Å². The summed E-state index contributed by atoms with van der Waals surface area (Å²) in [5.74, 6) is 3.04. The molecule has 0 radical (unpaired) electrons. The van der Waals surface area contributed by atoms with Crippen LogP contribution in [0.2, 0.25) is 0 Å². The van der Waals surface area contributed by atoms with Gasteiger partial charge in [-0.05, 0) is 25.3 Å².